The molecule has 6 heteroatoms. The van der Waals surface area contributed by atoms with Gasteiger partial charge < -0.3 is 9.88 Å². The van der Waals surface area contributed by atoms with E-state index in [4.69, 9.17) is 0 Å². The molecule has 112 valence electrons. The Kier molecular flexibility index (Phi) is 3.89. The van der Waals surface area contributed by atoms with Crippen LogP contribution in [0.4, 0.5) is 4.39 Å². The van der Waals surface area contributed by atoms with Gasteiger partial charge in [0.2, 0.25) is 0 Å². The number of rotatable bonds is 2. The van der Waals surface area contributed by atoms with Crippen LogP contribution in [0.25, 0.3) is 11.0 Å². The molecule has 0 bridgehead atoms. The van der Waals surface area contributed by atoms with Crippen molar-refractivity contribution in [3.8, 4) is 0 Å². The Morgan fingerprint density at radius 1 is 1.52 bits per heavy atom. The maximum Gasteiger partial charge on any atom is 0.256 e. The monoisotopic (exact) mass is 307 g/mol. The zero-order valence-corrected chi connectivity index (χ0v) is 12.9. The standard InChI is InChI=1S/C15H18FN3OS/c1-9(2)13-7-19(3-4-21-13)15(20)11-5-10(16)6-12-14(11)18-8-17-12/h5-6,8-9,13H,3-4,7H2,1-2H3,(H,17,18)/t13-/m1/s1. The van der Waals surface area contributed by atoms with Crippen LogP contribution >= 0.6 is 11.8 Å². The summed E-state index contributed by atoms with van der Waals surface area (Å²) in [6.45, 7) is 5.75. The third-order valence-corrected chi connectivity index (χ3v) is 5.38. The van der Waals surface area contributed by atoms with Crippen LogP contribution in [0.3, 0.4) is 0 Å². The first-order chi connectivity index (χ1) is 10.1. The van der Waals surface area contributed by atoms with Gasteiger partial charge in [-0.05, 0) is 18.1 Å². The summed E-state index contributed by atoms with van der Waals surface area (Å²) in [4.78, 5) is 21.6. The van der Waals surface area contributed by atoms with Gasteiger partial charge in [-0.1, -0.05) is 13.8 Å². The van der Waals surface area contributed by atoms with Crippen molar-refractivity contribution in [3.05, 3.63) is 29.8 Å². The molecule has 1 aliphatic heterocycles. The molecule has 21 heavy (non-hydrogen) atoms. The fraction of sp³-hybridized carbons (Fsp3) is 0.467. The molecule has 1 atom stereocenters. The minimum Gasteiger partial charge on any atom is -0.344 e. The van der Waals surface area contributed by atoms with E-state index in [1.54, 1.807) is 0 Å². The summed E-state index contributed by atoms with van der Waals surface area (Å²) in [7, 11) is 0. The number of imidazole rings is 1. The minimum absolute atomic E-state index is 0.127. The van der Waals surface area contributed by atoms with E-state index in [1.807, 2.05) is 16.7 Å². The van der Waals surface area contributed by atoms with E-state index in [0.29, 0.717) is 40.9 Å². The molecule has 0 saturated carbocycles. The van der Waals surface area contributed by atoms with Crippen LogP contribution in [0.1, 0.15) is 24.2 Å². The maximum absolute atomic E-state index is 13.7. The Morgan fingerprint density at radius 2 is 2.33 bits per heavy atom. The van der Waals surface area contributed by atoms with Crippen LogP contribution < -0.4 is 0 Å². The number of benzene rings is 1. The first kappa shape index (κ1) is 14.4. The molecule has 1 saturated heterocycles. The number of carbonyl (C=O) groups excluding carboxylic acids is 1. The quantitative estimate of drug-likeness (QED) is 0.928. The van der Waals surface area contributed by atoms with Crippen LogP contribution in [0.2, 0.25) is 0 Å². The highest BCUT2D eigenvalue weighted by Crippen LogP contribution is 2.27. The van der Waals surface area contributed by atoms with Crippen molar-refractivity contribution in [2.45, 2.75) is 19.1 Å². The number of aromatic amines is 1. The van der Waals surface area contributed by atoms with Gasteiger partial charge in [-0.15, -0.1) is 0 Å². The van der Waals surface area contributed by atoms with Crippen molar-refractivity contribution in [1.82, 2.24) is 14.9 Å². The van der Waals surface area contributed by atoms with Gasteiger partial charge in [0, 0.05) is 24.1 Å². The van der Waals surface area contributed by atoms with E-state index >= 15 is 0 Å². The van der Waals surface area contributed by atoms with Gasteiger partial charge in [-0.2, -0.15) is 11.8 Å². The summed E-state index contributed by atoms with van der Waals surface area (Å²) in [6, 6.07) is 2.65. The second-order valence-corrected chi connectivity index (χ2v) is 7.00. The molecule has 1 fully saturated rings. The molecule has 0 unspecified atom stereocenters. The first-order valence-corrected chi connectivity index (χ1v) is 8.14. The van der Waals surface area contributed by atoms with Crippen LogP contribution in [-0.4, -0.2) is 44.9 Å². The number of H-pyrrole nitrogens is 1. The number of nitrogens with one attached hydrogen (secondary N) is 1. The van der Waals surface area contributed by atoms with Gasteiger partial charge >= 0.3 is 0 Å². The Balaban J connectivity index is 1.91. The van der Waals surface area contributed by atoms with Crippen molar-refractivity contribution in [2.24, 2.45) is 5.92 Å². The molecule has 0 spiro atoms. The highest BCUT2D eigenvalue weighted by atomic mass is 32.2. The maximum atomic E-state index is 13.7. The number of thioether (sulfide) groups is 1. The highest BCUT2D eigenvalue weighted by molar-refractivity contribution is 8.00. The molecule has 2 heterocycles. The van der Waals surface area contributed by atoms with E-state index in [0.717, 1.165) is 5.75 Å². The fourth-order valence-electron chi connectivity index (χ4n) is 2.61. The SMILES string of the molecule is CC(C)[C@H]1CN(C(=O)c2cc(F)cc3[nH]cnc23)CCS1. The topological polar surface area (TPSA) is 49.0 Å². The zero-order chi connectivity index (χ0) is 15.0. The lowest BCUT2D eigenvalue weighted by Crippen LogP contribution is -2.43. The molecule has 1 aliphatic rings. The second-order valence-electron chi connectivity index (χ2n) is 5.66. The van der Waals surface area contributed by atoms with Crippen molar-refractivity contribution in [2.75, 3.05) is 18.8 Å². The summed E-state index contributed by atoms with van der Waals surface area (Å²) in [5.74, 6) is 0.899. The van der Waals surface area contributed by atoms with Crippen LogP contribution in [0.5, 0.6) is 0 Å². The van der Waals surface area contributed by atoms with Crippen molar-refractivity contribution in [1.29, 1.82) is 0 Å². The Labute approximate surface area is 127 Å². The number of aromatic nitrogens is 2. The number of hydrogen-bond donors (Lipinski definition) is 1. The lowest BCUT2D eigenvalue weighted by molar-refractivity contribution is 0.0757. The summed E-state index contributed by atoms with van der Waals surface area (Å²) >= 11 is 1.91. The predicted molar refractivity (Wildman–Crippen MR) is 83.0 cm³/mol. The van der Waals surface area contributed by atoms with E-state index in [1.165, 1.54) is 18.5 Å². The smallest absolute Gasteiger partial charge is 0.256 e. The van der Waals surface area contributed by atoms with E-state index in [2.05, 4.69) is 23.8 Å². The molecular formula is C15H18FN3OS. The zero-order valence-electron chi connectivity index (χ0n) is 12.1. The van der Waals surface area contributed by atoms with Gasteiger partial charge in [-0.25, -0.2) is 9.37 Å². The van der Waals surface area contributed by atoms with Gasteiger partial charge in [0.25, 0.3) is 5.91 Å². The third kappa shape index (κ3) is 2.77. The average Bonchev–Trinajstić information content (AvgIpc) is 2.93. The van der Waals surface area contributed by atoms with Gasteiger partial charge in [0.1, 0.15) is 11.3 Å². The largest absolute Gasteiger partial charge is 0.344 e. The molecule has 0 radical (unpaired) electrons. The van der Waals surface area contributed by atoms with Crippen LogP contribution in [0, 0.1) is 11.7 Å². The molecule has 0 aliphatic carbocycles. The van der Waals surface area contributed by atoms with Gasteiger partial charge in [-0.3, -0.25) is 4.79 Å². The van der Waals surface area contributed by atoms with E-state index < -0.39 is 5.82 Å². The minimum atomic E-state index is -0.415. The third-order valence-electron chi connectivity index (χ3n) is 3.84. The molecule has 1 N–H and O–H groups in total. The Hall–Kier alpha value is -1.56. The number of hydrogen-bond acceptors (Lipinski definition) is 3. The molecule has 3 rings (SSSR count). The number of nitrogens with zero attached hydrogens (tertiary/aromatic N) is 2. The van der Waals surface area contributed by atoms with E-state index in [-0.39, 0.29) is 5.91 Å². The van der Waals surface area contributed by atoms with Crippen molar-refractivity contribution in [3.63, 3.8) is 0 Å². The summed E-state index contributed by atoms with van der Waals surface area (Å²) in [5.41, 5.74) is 1.45. The molecule has 1 amide bonds. The number of amides is 1. The first-order valence-electron chi connectivity index (χ1n) is 7.10. The molecule has 4 nitrogen and oxygen atoms in total. The molecule has 1 aromatic heterocycles. The Bertz CT molecular complexity index is 670. The summed E-state index contributed by atoms with van der Waals surface area (Å²) < 4.78 is 13.7. The van der Waals surface area contributed by atoms with Crippen molar-refractivity contribution >= 4 is 28.7 Å². The lowest BCUT2D eigenvalue weighted by atomic mass is 10.1. The second kappa shape index (κ2) is 5.67. The summed E-state index contributed by atoms with van der Waals surface area (Å²) in [6.07, 6.45) is 1.49. The van der Waals surface area contributed by atoms with Crippen molar-refractivity contribution < 1.29 is 9.18 Å². The van der Waals surface area contributed by atoms with Crippen LogP contribution in [-0.2, 0) is 0 Å². The molecule has 2 aromatic rings. The van der Waals surface area contributed by atoms with Gasteiger partial charge in [0.05, 0.1) is 17.4 Å². The lowest BCUT2D eigenvalue weighted by Gasteiger charge is -2.34. The van der Waals surface area contributed by atoms with E-state index in [9.17, 15) is 9.18 Å². The number of fused-ring (bicyclic) bond motifs is 1. The normalized spacial score (nSPS) is 19.4. The predicted octanol–water partition coefficient (Wildman–Crippen LogP) is 2.92. The highest BCUT2D eigenvalue weighted by Gasteiger charge is 2.28. The number of halogens is 1. The van der Waals surface area contributed by atoms with Gasteiger partial charge in [0.15, 0.2) is 0 Å². The fourth-order valence-corrected chi connectivity index (χ4v) is 3.91. The number of carbonyl (C=O) groups is 1. The molecular weight excluding hydrogens is 289 g/mol. The Morgan fingerprint density at radius 3 is 3.10 bits per heavy atom. The molecule has 1 aromatic carbocycles. The summed E-state index contributed by atoms with van der Waals surface area (Å²) in [5, 5.41) is 0.436. The average molecular weight is 307 g/mol. The van der Waals surface area contributed by atoms with Crippen LogP contribution in [0.15, 0.2) is 18.5 Å².